The second-order valence-corrected chi connectivity index (χ2v) is 5.94. The van der Waals surface area contributed by atoms with Crippen LogP contribution in [0.3, 0.4) is 0 Å². The van der Waals surface area contributed by atoms with Gasteiger partial charge in [0.25, 0.3) is 0 Å². The Morgan fingerprint density at radius 2 is 2.00 bits per heavy atom. The number of carbonyl (C=O) groups is 1. The van der Waals surface area contributed by atoms with E-state index in [4.69, 9.17) is 0 Å². The van der Waals surface area contributed by atoms with Gasteiger partial charge in [-0.3, -0.25) is 4.79 Å². The molecule has 0 saturated heterocycles. The molecule has 0 aliphatic heterocycles. The third-order valence-corrected chi connectivity index (χ3v) is 4.02. The number of carbonyl (C=O) groups excluding carboxylic acids is 1. The minimum Gasteiger partial charge on any atom is -0.507 e. The normalized spacial score (nSPS) is 18.7. The first-order valence-corrected chi connectivity index (χ1v) is 6.02. The highest BCUT2D eigenvalue weighted by Crippen LogP contribution is 2.39. The maximum absolute atomic E-state index is 11.9. The minimum atomic E-state index is 0.0117. The molecule has 1 aliphatic rings. The summed E-state index contributed by atoms with van der Waals surface area (Å²) in [5.74, 6) is 0.471. The third-order valence-electron chi connectivity index (χ3n) is 2.82. The van der Waals surface area contributed by atoms with E-state index in [-0.39, 0.29) is 16.9 Å². The van der Waals surface area contributed by atoms with Gasteiger partial charge in [0.2, 0.25) is 0 Å². The molecule has 0 fully saturated rings. The highest BCUT2D eigenvalue weighted by atomic mass is 127. The topological polar surface area (TPSA) is 37.3 Å². The first-order valence-electron chi connectivity index (χ1n) is 4.94. The van der Waals surface area contributed by atoms with Crippen molar-refractivity contribution in [3.63, 3.8) is 0 Å². The quantitative estimate of drug-likeness (QED) is 0.747. The molecule has 15 heavy (non-hydrogen) atoms. The predicted octanol–water partition coefficient (Wildman–Crippen LogP) is 3.15. The summed E-state index contributed by atoms with van der Waals surface area (Å²) in [4.78, 5) is 11.9. The molecule has 1 aromatic carbocycles. The molecule has 1 aliphatic carbocycles. The number of rotatable bonds is 0. The Balaban J connectivity index is 2.61. The Morgan fingerprint density at radius 3 is 2.67 bits per heavy atom. The van der Waals surface area contributed by atoms with Crippen LogP contribution in [0.1, 0.15) is 36.2 Å². The Labute approximate surface area is 103 Å². The van der Waals surface area contributed by atoms with Crippen LogP contribution in [0.5, 0.6) is 5.75 Å². The van der Waals surface area contributed by atoms with Gasteiger partial charge in [0.05, 0.1) is 3.57 Å². The maximum Gasteiger partial charge on any atom is 0.163 e. The van der Waals surface area contributed by atoms with E-state index in [1.807, 2.05) is 0 Å². The zero-order chi connectivity index (χ0) is 11.2. The van der Waals surface area contributed by atoms with Crippen molar-refractivity contribution in [2.75, 3.05) is 0 Å². The summed E-state index contributed by atoms with van der Waals surface area (Å²) in [5.41, 5.74) is 1.81. The molecule has 1 N–H and O–H groups in total. The van der Waals surface area contributed by atoms with Gasteiger partial charge in [-0.25, -0.2) is 0 Å². The number of hydrogen-bond donors (Lipinski definition) is 1. The number of aromatic hydroxyl groups is 1. The molecule has 1 aromatic rings. The van der Waals surface area contributed by atoms with Crippen LogP contribution in [0, 0.1) is 8.99 Å². The summed E-state index contributed by atoms with van der Waals surface area (Å²) in [7, 11) is 0. The van der Waals surface area contributed by atoms with Gasteiger partial charge in [-0.05, 0) is 52.1 Å². The van der Waals surface area contributed by atoms with E-state index in [1.54, 1.807) is 12.1 Å². The lowest BCUT2D eigenvalue weighted by Crippen LogP contribution is -2.27. The zero-order valence-corrected chi connectivity index (χ0v) is 11.0. The van der Waals surface area contributed by atoms with Crippen LogP contribution in [-0.4, -0.2) is 10.9 Å². The number of benzene rings is 1. The summed E-state index contributed by atoms with van der Waals surface area (Å²) in [6.45, 7) is 4.18. The molecular formula is C12H13IO2. The summed E-state index contributed by atoms with van der Waals surface area (Å²) in [5, 5.41) is 9.61. The van der Waals surface area contributed by atoms with E-state index >= 15 is 0 Å². The Hall–Kier alpha value is -0.580. The van der Waals surface area contributed by atoms with E-state index in [9.17, 15) is 9.90 Å². The molecule has 80 valence electrons. The lowest BCUT2D eigenvalue weighted by atomic mass is 9.74. The Bertz CT molecular complexity index is 435. The van der Waals surface area contributed by atoms with E-state index < -0.39 is 0 Å². The average Bonchev–Trinajstić information content (AvgIpc) is 2.10. The van der Waals surface area contributed by atoms with E-state index in [0.717, 1.165) is 21.1 Å². The molecule has 0 amide bonds. The molecule has 0 aromatic heterocycles. The fourth-order valence-electron chi connectivity index (χ4n) is 2.11. The lowest BCUT2D eigenvalue weighted by Gasteiger charge is -2.30. The van der Waals surface area contributed by atoms with Gasteiger partial charge in [-0.1, -0.05) is 13.8 Å². The number of Topliss-reactive ketones (excluding diaryl/α,β-unsaturated/α-hetero) is 1. The third kappa shape index (κ3) is 1.89. The fourth-order valence-corrected chi connectivity index (χ4v) is 2.77. The van der Waals surface area contributed by atoms with Crippen LogP contribution in [0.25, 0.3) is 0 Å². The Morgan fingerprint density at radius 1 is 1.33 bits per heavy atom. The van der Waals surface area contributed by atoms with Crippen LogP contribution in [0.2, 0.25) is 0 Å². The van der Waals surface area contributed by atoms with Gasteiger partial charge in [-0.2, -0.15) is 0 Å². The van der Waals surface area contributed by atoms with Crippen molar-refractivity contribution in [1.82, 2.24) is 0 Å². The van der Waals surface area contributed by atoms with Crippen molar-refractivity contribution in [2.24, 2.45) is 5.41 Å². The predicted molar refractivity (Wildman–Crippen MR) is 67.3 cm³/mol. The summed E-state index contributed by atoms with van der Waals surface area (Å²) in [6.07, 6.45) is 1.46. The molecule has 2 nitrogen and oxygen atoms in total. The smallest absolute Gasteiger partial charge is 0.163 e. The van der Waals surface area contributed by atoms with E-state index in [1.165, 1.54) is 0 Å². The van der Waals surface area contributed by atoms with Gasteiger partial charge in [0.1, 0.15) is 5.75 Å². The number of fused-ring (bicyclic) bond motifs is 1. The van der Waals surface area contributed by atoms with Crippen LogP contribution in [0.15, 0.2) is 12.1 Å². The van der Waals surface area contributed by atoms with Crippen LogP contribution in [0.4, 0.5) is 0 Å². The summed E-state index contributed by atoms with van der Waals surface area (Å²) >= 11 is 2.11. The van der Waals surface area contributed by atoms with Crippen LogP contribution < -0.4 is 0 Å². The lowest BCUT2D eigenvalue weighted by molar-refractivity contribution is 0.0912. The molecule has 3 heteroatoms. The number of phenols is 1. The number of halogens is 1. The SMILES string of the molecule is CC1(C)CC(=O)c2ccc(O)c(I)c2C1. The van der Waals surface area contributed by atoms with Gasteiger partial charge < -0.3 is 5.11 Å². The first-order chi connectivity index (χ1) is 6.91. The monoisotopic (exact) mass is 316 g/mol. The van der Waals surface area contributed by atoms with E-state index in [2.05, 4.69) is 36.4 Å². The van der Waals surface area contributed by atoms with Gasteiger partial charge >= 0.3 is 0 Å². The highest BCUT2D eigenvalue weighted by molar-refractivity contribution is 14.1. The number of hydrogen-bond acceptors (Lipinski definition) is 2. The number of phenolic OH excluding ortho intramolecular Hbond substituents is 1. The molecule has 0 radical (unpaired) electrons. The van der Waals surface area contributed by atoms with Crippen molar-refractivity contribution in [2.45, 2.75) is 26.7 Å². The molecular weight excluding hydrogens is 303 g/mol. The second kappa shape index (κ2) is 3.47. The van der Waals surface area contributed by atoms with Crippen molar-refractivity contribution < 1.29 is 9.90 Å². The zero-order valence-electron chi connectivity index (χ0n) is 8.80. The largest absolute Gasteiger partial charge is 0.507 e. The molecule has 0 bridgehead atoms. The van der Waals surface area contributed by atoms with E-state index in [0.29, 0.717) is 6.42 Å². The molecule has 0 heterocycles. The summed E-state index contributed by atoms with van der Waals surface area (Å²) < 4.78 is 0.825. The van der Waals surface area contributed by atoms with Crippen molar-refractivity contribution in [3.05, 3.63) is 26.8 Å². The van der Waals surface area contributed by atoms with Crippen LogP contribution in [-0.2, 0) is 6.42 Å². The second-order valence-electron chi connectivity index (χ2n) is 4.87. The summed E-state index contributed by atoms with van der Waals surface area (Å²) in [6, 6.07) is 3.35. The van der Waals surface area contributed by atoms with Crippen molar-refractivity contribution >= 4 is 28.4 Å². The first kappa shape index (κ1) is 10.9. The van der Waals surface area contributed by atoms with Gasteiger partial charge in [0, 0.05) is 12.0 Å². The van der Waals surface area contributed by atoms with Gasteiger partial charge in [-0.15, -0.1) is 0 Å². The highest BCUT2D eigenvalue weighted by Gasteiger charge is 2.32. The molecule has 0 atom stereocenters. The molecule has 0 saturated carbocycles. The minimum absolute atomic E-state index is 0.0117. The van der Waals surface area contributed by atoms with Crippen LogP contribution >= 0.6 is 22.6 Å². The number of ketones is 1. The fraction of sp³-hybridized carbons (Fsp3) is 0.417. The average molecular weight is 316 g/mol. The molecule has 0 unspecified atom stereocenters. The maximum atomic E-state index is 11.9. The standard InChI is InChI=1S/C12H13IO2/c1-12(2)5-8-7(10(15)6-12)3-4-9(14)11(8)13/h3-4,14H,5-6H2,1-2H3. The molecule has 0 spiro atoms. The van der Waals surface area contributed by atoms with Crippen molar-refractivity contribution in [1.29, 1.82) is 0 Å². The molecule has 2 rings (SSSR count). The van der Waals surface area contributed by atoms with Gasteiger partial charge in [0.15, 0.2) is 5.78 Å². The Kier molecular flexibility index (Phi) is 2.53. The van der Waals surface area contributed by atoms with Crippen molar-refractivity contribution in [3.8, 4) is 5.75 Å².